The van der Waals surface area contributed by atoms with Gasteiger partial charge < -0.3 is 20.4 Å². The Hall–Kier alpha value is -4.13. The van der Waals surface area contributed by atoms with Crippen LogP contribution in [0.1, 0.15) is 71.0 Å². The summed E-state index contributed by atoms with van der Waals surface area (Å²) in [5.41, 5.74) is 5.69. The van der Waals surface area contributed by atoms with E-state index >= 15 is 0 Å². The third-order valence-corrected chi connectivity index (χ3v) is 7.08. The van der Waals surface area contributed by atoms with Crippen LogP contribution in [0.15, 0.2) is 67.4 Å². The molecule has 0 saturated carbocycles. The van der Waals surface area contributed by atoms with Crippen LogP contribution in [-0.2, 0) is 0 Å². The van der Waals surface area contributed by atoms with Crippen molar-refractivity contribution in [1.82, 2.24) is 15.2 Å². The van der Waals surface area contributed by atoms with Crippen molar-refractivity contribution >= 4 is 29.0 Å². The molecule has 4 rings (SSSR count). The number of hydrogen-bond acceptors (Lipinski definition) is 5. The number of rotatable bonds is 8. The highest BCUT2D eigenvalue weighted by Gasteiger charge is 2.32. The highest BCUT2D eigenvalue weighted by atomic mass is 16.2. The van der Waals surface area contributed by atoms with Crippen molar-refractivity contribution < 1.29 is 9.59 Å². The number of hydrogen-bond donors (Lipinski definition) is 2. The minimum Gasteiger partial charge on any atom is -0.388 e. The van der Waals surface area contributed by atoms with Crippen molar-refractivity contribution in [1.29, 1.82) is 0 Å². The number of benzene rings is 2. The number of pyridine rings is 1. The lowest BCUT2D eigenvalue weighted by molar-refractivity contribution is 0.0602. The quantitative estimate of drug-likeness (QED) is 0.379. The first kappa shape index (κ1) is 29.4. The van der Waals surface area contributed by atoms with Crippen LogP contribution in [0, 0.1) is 6.92 Å². The van der Waals surface area contributed by atoms with E-state index in [4.69, 9.17) is 0 Å². The van der Waals surface area contributed by atoms with Gasteiger partial charge in [0.2, 0.25) is 0 Å². The first-order chi connectivity index (χ1) is 18.7. The number of likely N-dealkylation sites (tertiary alicyclic amines) is 1. The molecule has 2 heterocycles. The van der Waals surface area contributed by atoms with E-state index in [0.29, 0.717) is 41.9 Å². The molecule has 0 bridgehead atoms. The average Bonchev–Trinajstić information content (AvgIpc) is 2.94. The van der Waals surface area contributed by atoms with Gasteiger partial charge in [0.15, 0.2) is 0 Å². The Labute approximate surface area is 232 Å². The lowest BCUT2D eigenvalue weighted by Gasteiger charge is -2.39. The van der Waals surface area contributed by atoms with Gasteiger partial charge in [-0.2, -0.15) is 0 Å². The molecule has 206 valence electrons. The van der Waals surface area contributed by atoms with Crippen molar-refractivity contribution in [3.63, 3.8) is 0 Å². The van der Waals surface area contributed by atoms with Crippen LogP contribution in [0.25, 0.3) is 5.70 Å². The zero-order valence-electron chi connectivity index (χ0n) is 24.2. The van der Waals surface area contributed by atoms with Crippen LogP contribution in [-0.4, -0.2) is 54.9 Å². The Morgan fingerprint density at radius 1 is 1.00 bits per heavy atom. The smallest absolute Gasteiger partial charge is 0.257 e. The number of aromatic nitrogens is 1. The van der Waals surface area contributed by atoms with E-state index in [2.05, 4.69) is 60.3 Å². The van der Waals surface area contributed by atoms with Crippen molar-refractivity contribution in [2.75, 3.05) is 37.4 Å². The molecule has 2 aromatic carbocycles. The predicted octanol–water partition coefficient (Wildman–Crippen LogP) is 5.94. The maximum atomic E-state index is 13.1. The van der Waals surface area contributed by atoms with E-state index in [-0.39, 0.29) is 11.8 Å². The molecule has 0 aliphatic carbocycles. The largest absolute Gasteiger partial charge is 0.388 e. The van der Waals surface area contributed by atoms with E-state index in [1.165, 1.54) is 5.56 Å². The molecule has 0 unspecified atom stereocenters. The summed E-state index contributed by atoms with van der Waals surface area (Å²) in [7, 11) is 3.83. The van der Waals surface area contributed by atoms with Crippen LogP contribution in [0.2, 0.25) is 0 Å². The third kappa shape index (κ3) is 6.85. The summed E-state index contributed by atoms with van der Waals surface area (Å²) >= 11 is 0. The molecule has 0 atom stereocenters. The van der Waals surface area contributed by atoms with Gasteiger partial charge in [0.25, 0.3) is 11.8 Å². The molecule has 1 fully saturated rings. The Balaban J connectivity index is 0.00000205. The molecule has 1 aromatic heterocycles. The molecule has 1 saturated heterocycles. The Kier molecular flexibility index (Phi) is 9.88. The Morgan fingerprint density at radius 3 is 2.18 bits per heavy atom. The fraction of sp³-hybridized carbons (Fsp3) is 0.344. The Morgan fingerprint density at radius 2 is 1.62 bits per heavy atom. The van der Waals surface area contributed by atoms with E-state index in [1.807, 2.05) is 62.9 Å². The standard InChI is InChI=1S/C30H35N5O2.C2H6/c1-19(2)34(6)28-14-13-25(16-32-28)29(36)33-27-15-24(8-7-20(27)3)30(37)35-17-26(18-35)23-11-9-22(10-12-23)21(4)31-5;1-2/h7-16,19,26,31H,4,17-18H2,1-3,5-6H3,(H,33,36);1-2H3. The van der Waals surface area contributed by atoms with Gasteiger partial charge in [-0.25, -0.2) is 4.98 Å². The maximum absolute atomic E-state index is 13.1. The van der Waals surface area contributed by atoms with Crippen LogP contribution < -0.4 is 15.5 Å². The van der Waals surface area contributed by atoms with Gasteiger partial charge in [-0.15, -0.1) is 0 Å². The Bertz CT molecular complexity index is 1290. The zero-order chi connectivity index (χ0) is 28.7. The summed E-state index contributed by atoms with van der Waals surface area (Å²) in [6.07, 6.45) is 1.58. The molecule has 39 heavy (non-hydrogen) atoms. The van der Waals surface area contributed by atoms with Crippen molar-refractivity contribution in [2.45, 2.75) is 46.6 Å². The van der Waals surface area contributed by atoms with E-state index in [1.54, 1.807) is 18.3 Å². The second kappa shape index (κ2) is 13.1. The predicted molar refractivity (Wildman–Crippen MR) is 161 cm³/mol. The van der Waals surface area contributed by atoms with Crippen LogP contribution in [0.3, 0.4) is 0 Å². The van der Waals surface area contributed by atoms with Crippen molar-refractivity contribution in [3.05, 3.63) is 95.2 Å². The summed E-state index contributed by atoms with van der Waals surface area (Å²) in [6, 6.07) is 17.7. The molecule has 7 nitrogen and oxygen atoms in total. The van der Waals surface area contributed by atoms with Crippen LogP contribution in [0.4, 0.5) is 11.5 Å². The number of carbonyl (C=O) groups excluding carboxylic acids is 2. The van der Waals surface area contributed by atoms with Gasteiger partial charge in [0.05, 0.1) is 5.56 Å². The van der Waals surface area contributed by atoms with Gasteiger partial charge in [-0.05, 0) is 61.7 Å². The summed E-state index contributed by atoms with van der Waals surface area (Å²) in [5, 5.41) is 6.01. The van der Waals surface area contributed by atoms with Gasteiger partial charge in [0, 0.05) is 62.3 Å². The highest BCUT2D eigenvalue weighted by Crippen LogP contribution is 2.30. The molecule has 0 radical (unpaired) electrons. The maximum Gasteiger partial charge on any atom is 0.257 e. The SMILES string of the molecule is C=C(NC)c1ccc(C2CN(C(=O)c3ccc(C)c(NC(=O)c4ccc(N(C)C(C)C)nc4)c3)C2)cc1.CC. The van der Waals surface area contributed by atoms with Gasteiger partial charge in [0.1, 0.15) is 5.82 Å². The van der Waals surface area contributed by atoms with Crippen molar-refractivity contribution in [3.8, 4) is 0 Å². The van der Waals surface area contributed by atoms with Gasteiger partial charge in [-0.3, -0.25) is 9.59 Å². The first-order valence-electron chi connectivity index (χ1n) is 13.5. The van der Waals surface area contributed by atoms with E-state index in [0.717, 1.165) is 22.6 Å². The monoisotopic (exact) mass is 527 g/mol. The third-order valence-electron chi connectivity index (χ3n) is 7.08. The molecule has 1 aliphatic rings. The molecular formula is C32H41N5O2. The molecule has 1 aliphatic heterocycles. The van der Waals surface area contributed by atoms with Gasteiger partial charge >= 0.3 is 0 Å². The minimum absolute atomic E-state index is 0.0327. The molecule has 0 spiro atoms. The second-order valence-electron chi connectivity index (χ2n) is 9.85. The zero-order valence-corrected chi connectivity index (χ0v) is 24.2. The summed E-state index contributed by atoms with van der Waals surface area (Å²) in [6.45, 7) is 15.4. The number of anilines is 2. The lowest BCUT2D eigenvalue weighted by atomic mass is 9.90. The number of nitrogens with zero attached hydrogens (tertiary/aromatic N) is 3. The van der Waals surface area contributed by atoms with Crippen molar-refractivity contribution in [2.24, 2.45) is 0 Å². The lowest BCUT2D eigenvalue weighted by Crippen LogP contribution is -2.48. The second-order valence-corrected chi connectivity index (χ2v) is 9.85. The molecular weight excluding hydrogens is 486 g/mol. The molecule has 7 heteroatoms. The first-order valence-corrected chi connectivity index (χ1v) is 13.5. The fourth-order valence-electron chi connectivity index (χ4n) is 4.22. The van der Waals surface area contributed by atoms with Gasteiger partial charge in [-0.1, -0.05) is 50.8 Å². The summed E-state index contributed by atoms with van der Waals surface area (Å²) in [4.78, 5) is 34.3. The number of aryl methyl sites for hydroxylation is 1. The van der Waals surface area contributed by atoms with E-state index in [9.17, 15) is 9.59 Å². The van der Waals surface area contributed by atoms with E-state index < -0.39 is 0 Å². The van der Waals surface area contributed by atoms with Crippen LogP contribution in [0.5, 0.6) is 0 Å². The van der Waals surface area contributed by atoms with Crippen LogP contribution >= 0.6 is 0 Å². The summed E-state index contributed by atoms with van der Waals surface area (Å²) in [5.74, 6) is 0.834. The average molecular weight is 528 g/mol. The number of amides is 2. The number of carbonyl (C=O) groups is 2. The normalized spacial score (nSPS) is 12.7. The molecule has 2 amide bonds. The topological polar surface area (TPSA) is 77.6 Å². The number of nitrogens with one attached hydrogen (secondary N) is 2. The minimum atomic E-state index is -0.257. The fourth-order valence-corrected chi connectivity index (χ4v) is 4.22. The molecule has 3 aromatic rings. The summed E-state index contributed by atoms with van der Waals surface area (Å²) < 4.78 is 0. The highest BCUT2D eigenvalue weighted by molar-refractivity contribution is 6.05. The molecule has 2 N–H and O–H groups in total.